The fourth-order valence-electron chi connectivity index (χ4n) is 1.09. The lowest BCUT2D eigenvalue weighted by Gasteiger charge is -1.99. The van der Waals surface area contributed by atoms with Gasteiger partial charge in [0.15, 0.2) is 0 Å². The van der Waals surface area contributed by atoms with E-state index in [1.807, 2.05) is 30.4 Å². The molecule has 0 aliphatic heterocycles. The third-order valence-corrected chi connectivity index (χ3v) is 1.81. The molecule has 0 saturated carbocycles. The quantitative estimate of drug-likeness (QED) is 0.542. The standard InChI is InChI=1S/C12H12S/c1-2-6-11(9-10-13)12-7-4-3-5-8-12/h2-10,13H,1H2/b10-9-,11-6+. The van der Waals surface area contributed by atoms with Crippen LogP contribution in [0.5, 0.6) is 0 Å². The highest BCUT2D eigenvalue weighted by Gasteiger charge is 1.93. The van der Waals surface area contributed by atoms with E-state index in [4.69, 9.17) is 0 Å². The van der Waals surface area contributed by atoms with E-state index < -0.39 is 0 Å². The Morgan fingerprint density at radius 3 is 2.46 bits per heavy atom. The summed E-state index contributed by atoms with van der Waals surface area (Å²) in [5.74, 6) is 0. The normalized spacial score (nSPS) is 11.9. The van der Waals surface area contributed by atoms with Crippen molar-refractivity contribution in [3.8, 4) is 0 Å². The highest BCUT2D eigenvalue weighted by Crippen LogP contribution is 2.15. The van der Waals surface area contributed by atoms with Crippen molar-refractivity contribution < 1.29 is 0 Å². The average molecular weight is 188 g/mol. The van der Waals surface area contributed by atoms with Gasteiger partial charge in [0.25, 0.3) is 0 Å². The van der Waals surface area contributed by atoms with Crippen LogP contribution < -0.4 is 0 Å². The fraction of sp³-hybridized carbons (Fsp3) is 0. The molecule has 0 unspecified atom stereocenters. The molecule has 0 aliphatic rings. The van der Waals surface area contributed by atoms with Gasteiger partial charge < -0.3 is 0 Å². The van der Waals surface area contributed by atoms with Gasteiger partial charge in [-0.2, -0.15) is 12.6 Å². The molecule has 0 amide bonds. The molecular weight excluding hydrogens is 176 g/mol. The van der Waals surface area contributed by atoms with Crippen LogP contribution in [0.25, 0.3) is 5.57 Å². The number of hydrogen-bond donors (Lipinski definition) is 1. The molecule has 1 rings (SSSR count). The molecule has 66 valence electrons. The van der Waals surface area contributed by atoms with Crippen molar-refractivity contribution in [2.75, 3.05) is 0 Å². The first-order valence-electron chi connectivity index (χ1n) is 4.07. The van der Waals surface area contributed by atoms with E-state index in [1.165, 1.54) is 5.56 Å². The lowest BCUT2D eigenvalue weighted by Crippen LogP contribution is -1.78. The predicted molar refractivity (Wildman–Crippen MR) is 62.7 cm³/mol. The summed E-state index contributed by atoms with van der Waals surface area (Å²) < 4.78 is 0. The van der Waals surface area contributed by atoms with Crippen LogP contribution in [0.2, 0.25) is 0 Å². The van der Waals surface area contributed by atoms with Crippen LogP contribution in [0, 0.1) is 0 Å². The van der Waals surface area contributed by atoms with Gasteiger partial charge in [0.1, 0.15) is 0 Å². The molecule has 0 spiro atoms. The molecule has 0 radical (unpaired) electrons. The Morgan fingerprint density at radius 2 is 1.92 bits per heavy atom. The van der Waals surface area contributed by atoms with Gasteiger partial charge in [0.05, 0.1) is 0 Å². The van der Waals surface area contributed by atoms with E-state index in [0.717, 1.165) is 5.57 Å². The molecular formula is C12H12S. The third-order valence-electron chi connectivity index (χ3n) is 1.66. The number of thiol groups is 1. The van der Waals surface area contributed by atoms with Gasteiger partial charge in [-0.25, -0.2) is 0 Å². The molecule has 0 fully saturated rings. The molecule has 0 N–H and O–H groups in total. The number of allylic oxidation sites excluding steroid dienone is 4. The van der Waals surface area contributed by atoms with Crippen molar-refractivity contribution in [2.24, 2.45) is 0 Å². The molecule has 1 heteroatoms. The molecule has 0 aliphatic carbocycles. The first-order valence-corrected chi connectivity index (χ1v) is 4.59. The van der Waals surface area contributed by atoms with Crippen LogP contribution in [0.3, 0.4) is 0 Å². The van der Waals surface area contributed by atoms with Gasteiger partial charge in [-0.15, -0.1) is 0 Å². The van der Waals surface area contributed by atoms with Gasteiger partial charge >= 0.3 is 0 Å². The first-order chi connectivity index (χ1) is 6.38. The number of hydrogen-bond acceptors (Lipinski definition) is 1. The van der Waals surface area contributed by atoms with Crippen molar-refractivity contribution in [1.29, 1.82) is 0 Å². The number of benzene rings is 1. The van der Waals surface area contributed by atoms with Gasteiger partial charge in [0.2, 0.25) is 0 Å². The zero-order chi connectivity index (χ0) is 9.52. The zero-order valence-electron chi connectivity index (χ0n) is 7.35. The van der Waals surface area contributed by atoms with Gasteiger partial charge in [0, 0.05) is 0 Å². The van der Waals surface area contributed by atoms with E-state index in [0.29, 0.717) is 0 Å². The van der Waals surface area contributed by atoms with E-state index in [1.54, 1.807) is 11.5 Å². The van der Waals surface area contributed by atoms with Crippen molar-refractivity contribution in [3.63, 3.8) is 0 Å². The van der Waals surface area contributed by atoms with E-state index in [2.05, 4.69) is 31.3 Å². The monoisotopic (exact) mass is 188 g/mol. The van der Waals surface area contributed by atoms with Gasteiger partial charge in [-0.3, -0.25) is 0 Å². The second-order valence-corrected chi connectivity index (χ2v) is 2.84. The van der Waals surface area contributed by atoms with Crippen LogP contribution >= 0.6 is 12.6 Å². The molecule has 0 nitrogen and oxygen atoms in total. The van der Waals surface area contributed by atoms with Crippen molar-refractivity contribution in [3.05, 3.63) is 66.1 Å². The smallest absolute Gasteiger partial charge is 0.0179 e. The second kappa shape index (κ2) is 5.44. The molecule has 1 aromatic carbocycles. The second-order valence-electron chi connectivity index (χ2n) is 2.54. The Balaban J connectivity index is 3.03. The average Bonchev–Trinajstić information content (AvgIpc) is 2.19. The molecule has 0 bridgehead atoms. The summed E-state index contributed by atoms with van der Waals surface area (Å²) in [6.45, 7) is 3.67. The molecule has 1 aromatic rings. The zero-order valence-corrected chi connectivity index (χ0v) is 8.24. The van der Waals surface area contributed by atoms with E-state index in [9.17, 15) is 0 Å². The fourth-order valence-corrected chi connectivity index (χ4v) is 1.25. The Kier molecular flexibility index (Phi) is 4.13. The summed E-state index contributed by atoms with van der Waals surface area (Å²) in [6, 6.07) is 10.1. The Labute approximate surface area is 84.7 Å². The maximum Gasteiger partial charge on any atom is -0.0179 e. The minimum Gasteiger partial charge on any atom is -0.151 e. The lowest BCUT2D eigenvalue weighted by molar-refractivity contribution is 1.62. The first kappa shape index (κ1) is 9.87. The van der Waals surface area contributed by atoms with E-state index in [-0.39, 0.29) is 0 Å². The lowest BCUT2D eigenvalue weighted by atomic mass is 10.1. The summed E-state index contributed by atoms with van der Waals surface area (Å²) >= 11 is 4.05. The van der Waals surface area contributed by atoms with Crippen molar-refractivity contribution in [1.82, 2.24) is 0 Å². The maximum atomic E-state index is 4.05. The van der Waals surface area contributed by atoms with E-state index >= 15 is 0 Å². The summed E-state index contributed by atoms with van der Waals surface area (Å²) in [6.07, 6.45) is 5.68. The predicted octanol–water partition coefficient (Wildman–Crippen LogP) is 3.70. The number of rotatable bonds is 3. The van der Waals surface area contributed by atoms with Crippen molar-refractivity contribution >= 4 is 18.2 Å². The van der Waals surface area contributed by atoms with Crippen molar-refractivity contribution in [2.45, 2.75) is 0 Å². The SMILES string of the molecule is C=C/C=C(\C=C/S)c1ccccc1. The molecule has 0 aromatic heterocycles. The van der Waals surface area contributed by atoms with Gasteiger partial charge in [-0.05, 0) is 22.6 Å². The minimum atomic E-state index is 1.12. The largest absolute Gasteiger partial charge is 0.151 e. The topological polar surface area (TPSA) is 0 Å². The highest BCUT2D eigenvalue weighted by atomic mass is 32.1. The Hall–Kier alpha value is -1.21. The molecule has 0 heterocycles. The molecule has 13 heavy (non-hydrogen) atoms. The molecule has 0 atom stereocenters. The van der Waals surface area contributed by atoms with Crippen LogP contribution in [0.15, 0.2) is 60.5 Å². The summed E-state index contributed by atoms with van der Waals surface area (Å²) in [5.41, 5.74) is 2.29. The van der Waals surface area contributed by atoms with Crippen LogP contribution in [-0.4, -0.2) is 0 Å². The van der Waals surface area contributed by atoms with Crippen LogP contribution in [0.4, 0.5) is 0 Å². The minimum absolute atomic E-state index is 1.12. The third kappa shape index (κ3) is 2.96. The van der Waals surface area contributed by atoms with Gasteiger partial charge in [-0.1, -0.05) is 49.1 Å². The Morgan fingerprint density at radius 1 is 1.23 bits per heavy atom. The Bertz CT molecular complexity index is 320. The highest BCUT2D eigenvalue weighted by molar-refractivity contribution is 7.83. The molecule has 0 saturated heterocycles. The maximum absolute atomic E-state index is 4.05. The van der Waals surface area contributed by atoms with Crippen LogP contribution in [-0.2, 0) is 0 Å². The summed E-state index contributed by atoms with van der Waals surface area (Å²) in [4.78, 5) is 0. The summed E-state index contributed by atoms with van der Waals surface area (Å²) in [7, 11) is 0. The summed E-state index contributed by atoms with van der Waals surface area (Å²) in [5, 5.41) is 1.72. The van der Waals surface area contributed by atoms with Crippen LogP contribution in [0.1, 0.15) is 5.56 Å².